The van der Waals surface area contributed by atoms with Crippen molar-refractivity contribution in [2.75, 3.05) is 39.3 Å². The summed E-state index contributed by atoms with van der Waals surface area (Å²) >= 11 is 0. The van der Waals surface area contributed by atoms with Gasteiger partial charge in [0.2, 0.25) is 11.8 Å². The number of amides is 2. The molecular weight excluding hydrogens is 685 g/mol. The maximum atomic E-state index is 14.5. The third-order valence-electron chi connectivity index (χ3n) is 12.3. The first-order chi connectivity index (χ1) is 26.8. The fourth-order valence-corrected chi connectivity index (χ4v) is 9.15. The Morgan fingerprint density at radius 3 is 1.73 bits per heavy atom. The van der Waals surface area contributed by atoms with Crippen LogP contribution in [0.3, 0.4) is 0 Å². The van der Waals surface area contributed by atoms with E-state index in [9.17, 15) is 9.59 Å². The largest absolute Gasteiger partial charge is 0.343 e. The van der Waals surface area contributed by atoms with Crippen LogP contribution in [0.2, 0.25) is 0 Å². The van der Waals surface area contributed by atoms with Gasteiger partial charge in [0.05, 0.1) is 34.9 Å². The number of aromatic nitrogens is 4. The molecule has 2 amide bonds. The molecule has 2 aromatic carbocycles. The minimum Gasteiger partial charge on any atom is -0.343 e. The number of hydrogen-bond acceptors (Lipinski definition) is 6. The van der Waals surface area contributed by atoms with Gasteiger partial charge >= 0.3 is 0 Å². The molecule has 55 heavy (non-hydrogen) atoms. The minimum absolute atomic E-state index is 0.108. The molecule has 2 saturated heterocycles. The number of nitrogens with zero attached hydrogens (tertiary/aromatic N) is 6. The Hall–Kier alpha value is -4.80. The van der Waals surface area contributed by atoms with Crippen molar-refractivity contribution in [2.24, 2.45) is 0 Å². The summed E-state index contributed by atoms with van der Waals surface area (Å²) in [5.41, 5.74) is 3.37. The molecule has 7 rings (SSSR count). The van der Waals surface area contributed by atoms with Gasteiger partial charge in [-0.2, -0.15) is 0 Å². The van der Waals surface area contributed by atoms with Crippen molar-refractivity contribution in [3.8, 4) is 0 Å². The third kappa shape index (κ3) is 7.46. The van der Waals surface area contributed by atoms with Crippen molar-refractivity contribution < 1.29 is 9.59 Å². The number of allylic oxidation sites excluding steroid dienone is 4. The monoisotopic (exact) mass is 742 g/mol. The fourth-order valence-electron chi connectivity index (χ4n) is 9.15. The number of carbonyl (C=O) groups excluding carboxylic acids is 2. The third-order valence-corrected chi connectivity index (χ3v) is 12.3. The highest BCUT2D eigenvalue weighted by Gasteiger charge is 2.42. The molecule has 10 heteroatoms. The molecule has 4 heterocycles. The van der Waals surface area contributed by atoms with Crippen LogP contribution in [-0.4, -0.2) is 96.7 Å². The minimum atomic E-state index is -0.703. The Morgan fingerprint density at radius 2 is 1.22 bits per heavy atom. The van der Waals surface area contributed by atoms with E-state index in [0.717, 1.165) is 87.0 Å². The molecule has 3 aliphatic rings. The number of carbonyl (C=O) groups is 2. The zero-order chi connectivity index (χ0) is 38.5. The normalized spacial score (nSPS) is 23.6. The molecule has 10 nitrogen and oxygen atoms in total. The summed E-state index contributed by atoms with van der Waals surface area (Å²) in [6.45, 7) is 15.1. The molecule has 2 aromatic heterocycles. The maximum absolute atomic E-state index is 14.5. The second-order valence-corrected chi connectivity index (χ2v) is 15.2. The molecule has 0 radical (unpaired) electrons. The average molecular weight is 743 g/mol. The number of hydrogen-bond donors (Lipinski definition) is 2. The first kappa shape index (κ1) is 38.5. The van der Waals surface area contributed by atoms with Crippen molar-refractivity contribution in [1.29, 1.82) is 0 Å². The van der Waals surface area contributed by atoms with Gasteiger partial charge in [0, 0.05) is 31.4 Å². The number of H-pyrrole nitrogens is 2. The Morgan fingerprint density at radius 1 is 0.727 bits per heavy atom. The average Bonchev–Trinajstić information content (AvgIpc) is 4.08. The predicted octanol–water partition coefficient (Wildman–Crippen LogP) is 7.47. The Kier molecular flexibility index (Phi) is 11.8. The zero-order valence-electron chi connectivity index (χ0n) is 33.2. The van der Waals surface area contributed by atoms with Gasteiger partial charge in [-0.1, -0.05) is 113 Å². The summed E-state index contributed by atoms with van der Waals surface area (Å²) in [4.78, 5) is 54.4. The van der Waals surface area contributed by atoms with E-state index in [1.54, 1.807) is 0 Å². The van der Waals surface area contributed by atoms with Crippen LogP contribution in [0.25, 0.3) is 0 Å². The zero-order valence-corrected chi connectivity index (χ0v) is 33.2. The second kappa shape index (κ2) is 16.9. The lowest BCUT2D eigenvalue weighted by atomic mass is 9.75. The highest BCUT2D eigenvalue weighted by atomic mass is 16.2. The van der Waals surface area contributed by atoms with Crippen LogP contribution in [-0.2, 0) is 15.0 Å². The van der Waals surface area contributed by atoms with E-state index in [1.807, 2.05) is 53.4 Å². The van der Waals surface area contributed by atoms with Gasteiger partial charge in [-0.3, -0.25) is 19.4 Å². The van der Waals surface area contributed by atoms with Crippen LogP contribution >= 0.6 is 0 Å². The molecule has 2 aliphatic heterocycles. The molecule has 0 bridgehead atoms. The molecule has 1 aliphatic carbocycles. The SMILES string of the molecule is CCN(CC)[C@H](C)C(=O)N1CCC[C@H]1c1ncc(C2(c3cnc([C@@H]4CCCN4C(=O)[C@@H](c4ccccc4)N(CC)CC)[nH]3)C=CC(c3ccccc3)C=C2)[nH]1. The fraction of sp³-hybridized carbons (Fsp3) is 0.467. The van der Waals surface area contributed by atoms with Crippen LogP contribution in [0.15, 0.2) is 97.4 Å². The standard InChI is InChI=1S/C45H58N8O2/c1-6-50(7-2)32(5)43(54)52-28-16-22-36(52)41-46-30-38(48-41)45(26-24-34(25-27-45)33-18-12-10-13-19-33)39-31-47-42(49-39)37-23-17-29-53(37)44(55)40(51(8-3)9-4)35-20-14-11-15-21-35/h10-15,18-21,24-27,30-32,34,36-37,40H,6-9,16-17,22-23,28-29H2,1-5H3,(H,46,48)(H,47,49)/t32-,34?,36+,37+,40-,45?/m1/s1. The summed E-state index contributed by atoms with van der Waals surface area (Å²) < 4.78 is 0. The lowest BCUT2D eigenvalue weighted by Crippen LogP contribution is -2.46. The molecular formula is C45H58N8O2. The van der Waals surface area contributed by atoms with Crippen LogP contribution in [0.5, 0.6) is 0 Å². The highest BCUT2D eigenvalue weighted by Crippen LogP contribution is 2.42. The van der Waals surface area contributed by atoms with Gasteiger partial charge in [0.15, 0.2) is 0 Å². The van der Waals surface area contributed by atoms with Gasteiger partial charge in [0.1, 0.15) is 17.7 Å². The summed E-state index contributed by atoms with van der Waals surface area (Å²) in [5, 5.41) is 0. The summed E-state index contributed by atoms with van der Waals surface area (Å²) in [6, 6.07) is 19.9. The van der Waals surface area contributed by atoms with Crippen LogP contribution in [0.4, 0.5) is 0 Å². The van der Waals surface area contributed by atoms with Gasteiger partial charge in [-0.25, -0.2) is 9.97 Å². The summed E-state index contributed by atoms with van der Waals surface area (Å²) in [7, 11) is 0. The van der Waals surface area contributed by atoms with Crippen molar-refractivity contribution in [1.82, 2.24) is 39.5 Å². The van der Waals surface area contributed by atoms with E-state index >= 15 is 0 Å². The molecule has 2 fully saturated rings. The van der Waals surface area contributed by atoms with Gasteiger partial charge in [-0.15, -0.1) is 0 Å². The maximum Gasteiger partial charge on any atom is 0.245 e. The smallest absolute Gasteiger partial charge is 0.245 e. The summed E-state index contributed by atoms with van der Waals surface area (Å²) in [5.74, 6) is 2.02. The number of benzene rings is 2. The molecule has 4 aromatic rings. The van der Waals surface area contributed by atoms with Crippen LogP contribution in [0, 0.1) is 0 Å². The molecule has 0 spiro atoms. The first-order valence-corrected chi connectivity index (χ1v) is 20.5. The van der Waals surface area contributed by atoms with Crippen molar-refractivity contribution >= 4 is 11.8 Å². The first-order valence-electron chi connectivity index (χ1n) is 20.5. The highest BCUT2D eigenvalue weighted by molar-refractivity contribution is 5.84. The Bertz CT molecular complexity index is 1930. The Labute approximate surface area is 326 Å². The van der Waals surface area contributed by atoms with Crippen LogP contribution in [0.1, 0.15) is 119 Å². The molecule has 0 unspecified atom stereocenters. The van der Waals surface area contributed by atoms with Crippen molar-refractivity contribution in [3.05, 3.63) is 132 Å². The lowest BCUT2D eigenvalue weighted by Gasteiger charge is -2.34. The van der Waals surface area contributed by atoms with E-state index in [0.29, 0.717) is 6.54 Å². The molecule has 4 atom stereocenters. The van der Waals surface area contributed by atoms with E-state index in [1.165, 1.54) is 5.56 Å². The number of likely N-dealkylation sites (tertiary alicyclic amines) is 2. The van der Waals surface area contributed by atoms with E-state index in [2.05, 4.69) is 108 Å². The molecule has 2 N–H and O–H groups in total. The van der Waals surface area contributed by atoms with E-state index in [4.69, 9.17) is 9.97 Å². The van der Waals surface area contributed by atoms with Gasteiger partial charge in [-0.05, 0) is 69.9 Å². The topological polar surface area (TPSA) is 104 Å². The molecule has 290 valence electrons. The molecule has 0 saturated carbocycles. The van der Waals surface area contributed by atoms with E-state index < -0.39 is 5.41 Å². The number of imidazole rings is 2. The predicted molar refractivity (Wildman–Crippen MR) is 217 cm³/mol. The van der Waals surface area contributed by atoms with Crippen molar-refractivity contribution in [2.45, 2.75) is 95.8 Å². The van der Waals surface area contributed by atoms with Gasteiger partial charge < -0.3 is 19.8 Å². The summed E-state index contributed by atoms with van der Waals surface area (Å²) in [6.07, 6.45) is 16.5. The van der Waals surface area contributed by atoms with Gasteiger partial charge in [0.25, 0.3) is 0 Å². The number of aromatic amines is 2. The second-order valence-electron chi connectivity index (χ2n) is 15.2. The van der Waals surface area contributed by atoms with Crippen molar-refractivity contribution in [3.63, 3.8) is 0 Å². The number of rotatable bonds is 14. The Balaban J connectivity index is 1.21. The van der Waals surface area contributed by atoms with Crippen LogP contribution < -0.4 is 0 Å². The number of likely N-dealkylation sites (N-methyl/N-ethyl adjacent to an activating group) is 2. The number of nitrogens with one attached hydrogen (secondary N) is 2. The lowest BCUT2D eigenvalue weighted by molar-refractivity contribution is -0.138. The van der Waals surface area contributed by atoms with E-state index in [-0.39, 0.29) is 41.9 Å². The quantitative estimate of drug-likeness (QED) is 0.130.